The van der Waals surface area contributed by atoms with Gasteiger partial charge in [-0.05, 0) is 23.8 Å². The predicted molar refractivity (Wildman–Crippen MR) is 92.2 cm³/mol. The summed E-state index contributed by atoms with van der Waals surface area (Å²) in [5.41, 5.74) is 6.55. The van der Waals surface area contributed by atoms with E-state index in [-0.39, 0.29) is 29.6 Å². The van der Waals surface area contributed by atoms with Crippen LogP contribution in [0, 0.1) is 17.7 Å². The number of hydrogen-bond donors (Lipinski definition) is 1. The molecule has 130 valence electrons. The highest BCUT2D eigenvalue weighted by Crippen LogP contribution is 2.45. The van der Waals surface area contributed by atoms with Crippen molar-refractivity contribution in [1.29, 1.82) is 0 Å². The molecule has 1 aromatic carbocycles. The minimum atomic E-state index is -0.275. The predicted octanol–water partition coefficient (Wildman–Crippen LogP) is 1.85. The van der Waals surface area contributed by atoms with Gasteiger partial charge in [0.1, 0.15) is 11.6 Å². The number of nitrogen functional groups attached to an aromatic ring is 1. The van der Waals surface area contributed by atoms with Crippen LogP contribution in [0.1, 0.15) is 18.5 Å². The molecule has 4 rings (SSSR count). The van der Waals surface area contributed by atoms with Gasteiger partial charge in [-0.3, -0.25) is 4.79 Å². The Bertz CT molecular complexity index is 814. The van der Waals surface area contributed by atoms with Gasteiger partial charge in [-0.2, -0.15) is 4.98 Å². The van der Waals surface area contributed by atoms with E-state index in [4.69, 9.17) is 5.73 Å². The standard InChI is InChI=1S/C18H20FN5O/c1-11(25)24-9-13-8-23(16-5-6-21-18(20)22-16)10-15(13)17(24)12-3-2-4-14(19)7-12/h2-7,13,15,17H,8-10H2,1H3,(H2,20,21,22)/t13-,15-,17+/m1/s1. The van der Waals surface area contributed by atoms with Crippen LogP contribution in [0.3, 0.4) is 0 Å². The molecule has 3 atom stereocenters. The molecule has 0 spiro atoms. The van der Waals surface area contributed by atoms with Crippen LogP contribution < -0.4 is 10.6 Å². The zero-order valence-electron chi connectivity index (χ0n) is 14.0. The van der Waals surface area contributed by atoms with Crippen LogP contribution in [0.25, 0.3) is 0 Å². The smallest absolute Gasteiger partial charge is 0.221 e. The normalized spacial score (nSPS) is 25.3. The molecule has 0 aliphatic carbocycles. The van der Waals surface area contributed by atoms with Gasteiger partial charge in [0.05, 0.1) is 6.04 Å². The topological polar surface area (TPSA) is 75.4 Å². The van der Waals surface area contributed by atoms with Crippen molar-refractivity contribution in [3.63, 3.8) is 0 Å². The molecule has 2 aromatic rings. The van der Waals surface area contributed by atoms with E-state index in [1.54, 1.807) is 19.2 Å². The summed E-state index contributed by atoms with van der Waals surface area (Å²) in [4.78, 5) is 24.4. The van der Waals surface area contributed by atoms with Crippen molar-refractivity contribution in [2.75, 3.05) is 30.3 Å². The maximum atomic E-state index is 13.7. The summed E-state index contributed by atoms with van der Waals surface area (Å²) in [5, 5.41) is 0. The monoisotopic (exact) mass is 341 g/mol. The van der Waals surface area contributed by atoms with E-state index in [1.807, 2.05) is 17.0 Å². The third-order valence-corrected chi connectivity index (χ3v) is 5.24. The number of carbonyl (C=O) groups is 1. The lowest BCUT2D eigenvalue weighted by Crippen LogP contribution is -2.34. The Balaban J connectivity index is 1.64. The van der Waals surface area contributed by atoms with E-state index < -0.39 is 0 Å². The van der Waals surface area contributed by atoms with Gasteiger partial charge in [0.2, 0.25) is 11.9 Å². The van der Waals surface area contributed by atoms with Gasteiger partial charge in [-0.25, -0.2) is 9.37 Å². The van der Waals surface area contributed by atoms with Crippen molar-refractivity contribution in [3.8, 4) is 0 Å². The first kappa shape index (κ1) is 15.8. The fourth-order valence-electron chi connectivity index (χ4n) is 4.21. The Hall–Kier alpha value is -2.70. The summed E-state index contributed by atoms with van der Waals surface area (Å²) in [6.45, 7) is 3.82. The molecule has 7 heteroatoms. The maximum absolute atomic E-state index is 13.7. The number of carbonyl (C=O) groups excluding carboxylic acids is 1. The fraction of sp³-hybridized carbons (Fsp3) is 0.389. The van der Waals surface area contributed by atoms with E-state index in [1.165, 1.54) is 12.1 Å². The van der Waals surface area contributed by atoms with Gasteiger partial charge in [-0.15, -0.1) is 0 Å². The molecule has 2 N–H and O–H groups in total. The number of hydrogen-bond acceptors (Lipinski definition) is 5. The second kappa shape index (κ2) is 5.98. The van der Waals surface area contributed by atoms with Crippen LogP contribution in [-0.2, 0) is 4.79 Å². The number of likely N-dealkylation sites (tertiary alicyclic amines) is 1. The highest BCUT2D eigenvalue weighted by molar-refractivity contribution is 5.74. The SMILES string of the molecule is CC(=O)N1C[C@H]2CN(c3ccnc(N)n3)C[C@H]2[C@@H]1c1cccc(F)c1. The molecule has 0 unspecified atom stereocenters. The van der Waals surface area contributed by atoms with Crippen molar-refractivity contribution in [1.82, 2.24) is 14.9 Å². The molecule has 25 heavy (non-hydrogen) atoms. The van der Waals surface area contributed by atoms with Crippen molar-refractivity contribution in [3.05, 3.63) is 47.9 Å². The molecule has 0 radical (unpaired) electrons. The highest BCUT2D eigenvalue weighted by atomic mass is 19.1. The summed E-state index contributed by atoms with van der Waals surface area (Å²) in [6, 6.07) is 8.30. The number of nitrogens with zero attached hydrogens (tertiary/aromatic N) is 4. The molecular weight excluding hydrogens is 321 g/mol. The summed E-state index contributed by atoms with van der Waals surface area (Å²) >= 11 is 0. The first-order chi connectivity index (χ1) is 12.0. The fourth-order valence-corrected chi connectivity index (χ4v) is 4.21. The molecule has 2 aliphatic rings. The van der Waals surface area contributed by atoms with Crippen LogP contribution in [0.5, 0.6) is 0 Å². The third-order valence-electron chi connectivity index (χ3n) is 5.24. The van der Waals surface area contributed by atoms with Gasteiger partial charge in [0, 0.05) is 44.6 Å². The quantitative estimate of drug-likeness (QED) is 0.902. The molecule has 6 nitrogen and oxygen atoms in total. The number of benzene rings is 1. The third kappa shape index (κ3) is 2.79. The Morgan fingerprint density at radius 3 is 2.84 bits per heavy atom. The van der Waals surface area contributed by atoms with Crippen LogP contribution in [0.4, 0.5) is 16.2 Å². The molecule has 1 amide bonds. The Labute approximate surface area is 145 Å². The number of nitrogens with two attached hydrogens (primary N) is 1. The van der Waals surface area contributed by atoms with Crippen molar-refractivity contribution < 1.29 is 9.18 Å². The lowest BCUT2D eigenvalue weighted by Gasteiger charge is -2.29. The van der Waals surface area contributed by atoms with Crippen LogP contribution in [0.2, 0.25) is 0 Å². The first-order valence-electron chi connectivity index (χ1n) is 8.39. The molecule has 0 saturated carbocycles. The summed E-state index contributed by atoms with van der Waals surface area (Å²) < 4.78 is 13.7. The molecule has 2 fully saturated rings. The Morgan fingerprint density at radius 2 is 2.12 bits per heavy atom. The average Bonchev–Trinajstić information content (AvgIpc) is 3.12. The summed E-state index contributed by atoms with van der Waals surface area (Å²) in [5.74, 6) is 1.37. The van der Waals surface area contributed by atoms with E-state index in [0.717, 1.165) is 24.5 Å². The van der Waals surface area contributed by atoms with Gasteiger partial charge in [0.25, 0.3) is 0 Å². The van der Waals surface area contributed by atoms with Crippen molar-refractivity contribution in [2.45, 2.75) is 13.0 Å². The summed E-state index contributed by atoms with van der Waals surface area (Å²) in [6.07, 6.45) is 1.65. The maximum Gasteiger partial charge on any atom is 0.221 e. The second-order valence-corrected chi connectivity index (χ2v) is 6.77. The number of rotatable bonds is 2. The molecule has 2 saturated heterocycles. The number of amides is 1. The van der Waals surface area contributed by atoms with Gasteiger partial charge in [-0.1, -0.05) is 12.1 Å². The van der Waals surface area contributed by atoms with E-state index >= 15 is 0 Å². The van der Waals surface area contributed by atoms with Gasteiger partial charge in [0.15, 0.2) is 0 Å². The van der Waals surface area contributed by atoms with E-state index in [9.17, 15) is 9.18 Å². The minimum absolute atomic E-state index is 0.0292. The number of anilines is 2. The molecule has 3 heterocycles. The van der Waals surface area contributed by atoms with Crippen LogP contribution >= 0.6 is 0 Å². The van der Waals surface area contributed by atoms with Crippen molar-refractivity contribution in [2.24, 2.45) is 11.8 Å². The molecule has 2 aliphatic heterocycles. The number of fused-ring (bicyclic) bond motifs is 1. The van der Waals surface area contributed by atoms with E-state index in [2.05, 4.69) is 14.9 Å². The molecular formula is C18H20FN5O. The minimum Gasteiger partial charge on any atom is -0.368 e. The molecule has 1 aromatic heterocycles. The zero-order valence-corrected chi connectivity index (χ0v) is 14.0. The second-order valence-electron chi connectivity index (χ2n) is 6.77. The number of halogens is 1. The highest BCUT2D eigenvalue weighted by Gasteiger charge is 2.48. The molecule has 0 bridgehead atoms. The Kier molecular flexibility index (Phi) is 3.78. The zero-order chi connectivity index (χ0) is 17.6. The average molecular weight is 341 g/mol. The first-order valence-corrected chi connectivity index (χ1v) is 8.39. The van der Waals surface area contributed by atoms with Gasteiger partial charge < -0.3 is 15.5 Å². The summed E-state index contributed by atoms with van der Waals surface area (Å²) in [7, 11) is 0. The van der Waals surface area contributed by atoms with E-state index in [0.29, 0.717) is 12.5 Å². The van der Waals surface area contributed by atoms with Gasteiger partial charge >= 0.3 is 0 Å². The lowest BCUT2D eigenvalue weighted by atomic mass is 9.89. The number of aromatic nitrogens is 2. The largest absolute Gasteiger partial charge is 0.368 e. The lowest BCUT2D eigenvalue weighted by molar-refractivity contribution is -0.130. The van der Waals surface area contributed by atoms with Crippen molar-refractivity contribution >= 4 is 17.7 Å². The Morgan fingerprint density at radius 1 is 1.28 bits per heavy atom. The van der Waals surface area contributed by atoms with Crippen LogP contribution in [0.15, 0.2) is 36.5 Å². The van der Waals surface area contributed by atoms with Crippen LogP contribution in [-0.4, -0.2) is 40.4 Å².